The topological polar surface area (TPSA) is 84.0 Å². The van der Waals surface area contributed by atoms with Gasteiger partial charge in [-0.3, -0.25) is 14.6 Å². The maximum Gasteiger partial charge on any atom is 0.224 e. The highest BCUT2D eigenvalue weighted by molar-refractivity contribution is 7.13. The van der Waals surface area contributed by atoms with Crippen LogP contribution in [-0.4, -0.2) is 21.8 Å². The fourth-order valence-electron chi connectivity index (χ4n) is 3.00. The molecule has 2 N–H and O–H groups in total. The van der Waals surface area contributed by atoms with E-state index in [4.69, 9.17) is 0 Å². The third-order valence-electron chi connectivity index (χ3n) is 4.58. The summed E-state index contributed by atoms with van der Waals surface area (Å²) in [7, 11) is 0. The Morgan fingerprint density at radius 3 is 2.25 bits per heavy atom. The SMILES string of the molecule is O=C(CCC(=O)Nc1cccc(-c2csc(-c3ccncc3)n2)c1)Nc1ccc(F)cc1. The number of nitrogens with one attached hydrogen (secondary N) is 2. The highest BCUT2D eigenvalue weighted by atomic mass is 32.1. The number of rotatable bonds is 7. The normalized spacial score (nSPS) is 10.5. The second-order valence-electron chi connectivity index (χ2n) is 6.96. The summed E-state index contributed by atoms with van der Waals surface area (Å²) in [6, 6.07) is 16.7. The van der Waals surface area contributed by atoms with Gasteiger partial charge in [0.1, 0.15) is 10.8 Å². The molecule has 0 unspecified atom stereocenters. The summed E-state index contributed by atoms with van der Waals surface area (Å²) in [5.74, 6) is -0.963. The molecule has 0 radical (unpaired) electrons. The minimum absolute atomic E-state index is 0.0181. The number of carbonyl (C=O) groups is 2. The van der Waals surface area contributed by atoms with Gasteiger partial charge < -0.3 is 10.6 Å². The van der Waals surface area contributed by atoms with Crippen LogP contribution >= 0.6 is 11.3 Å². The van der Waals surface area contributed by atoms with Gasteiger partial charge in [0, 0.05) is 53.1 Å². The van der Waals surface area contributed by atoms with Crippen LogP contribution < -0.4 is 10.6 Å². The van der Waals surface area contributed by atoms with E-state index in [9.17, 15) is 14.0 Å². The highest BCUT2D eigenvalue weighted by Crippen LogP contribution is 2.29. The zero-order valence-electron chi connectivity index (χ0n) is 16.9. The van der Waals surface area contributed by atoms with Gasteiger partial charge in [-0.15, -0.1) is 11.3 Å². The molecule has 0 bridgehead atoms. The molecule has 0 aliphatic heterocycles. The average Bonchev–Trinajstić information content (AvgIpc) is 3.31. The van der Waals surface area contributed by atoms with E-state index in [2.05, 4.69) is 20.6 Å². The second kappa shape index (κ2) is 9.93. The fourth-order valence-corrected chi connectivity index (χ4v) is 3.83. The van der Waals surface area contributed by atoms with E-state index >= 15 is 0 Å². The van der Waals surface area contributed by atoms with Gasteiger partial charge in [0.05, 0.1) is 5.69 Å². The number of hydrogen-bond donors (Lipinski definition) is 2. The van der Waals surface area contributed by atoms with Crippen molar-refractivity contribution in [3.8, 4) is 21.8 Å². The molecule has 0 atom stereocenters. The van der Waals surface area contributed by atoms with Crippen molar-refractivity contribution in [2.75, 3.05) is 10.6 Å². The Bertz CT molecular complexity index is 1230. The summed E-state index contributed by atoms with van der Waals surface area (Å²) in [6.45, 7) is 0. The first kappa shape index (κ1) is 21.3. The van der Waals surface area contributed by atoms with Crippen molar-refractivity contribution < 1.29 is 14.0 Å². The summed E-state index contributed by atoms with van der Waals surface area (Å²) in [4.78, 5) is 33.0. The molecule has 32 heavy (non-hydrogen) atoms. The van der Waals surface area contributed by atoms with Gasteiger partial charge in [-0.25, -0.2) is 9.37 Å². The third-order valence-corrected chi connectivity index (χ3v) is 5.47. The number of halogens is 1. The van der Waals surface area contributed by atoms with Gasteiger partial charge in [-0.2, -0.15) is 0 Å². The smallest absolute Gasteiger partial charge is 0.224 e. The Morgan fingerprint density at radius 1 is 0.844 bits per heavy atom. The third kappa shape index (κ3) is 5.61. The lowest BCUT2D eigenvalue weighted by atomic mass is 10.1. The van der Waals surface area contributed by atoms with E-state index in [1.54, 1.807) is 18.5 Å². The van der Waals surface area contributed by atoms with Crippen molar-refractivity contribution in [1.29, 1.82) is 0 Å². The lowest BCUT2D eigenvalue weighted by Gasteiger charge is -2.08. The molecule has 2 aromatic carbocycles. The quantitative estimate of drug-likeness (QED) is 0.400. The van der Waals surface area contributed by atoms with Gasteiger partial charge in [0.2, 0.25) is 11.8 Å². The molecule has 2 aromatic heterocycles. The monoisotopic (exact) mass is 446 g/mol. The number of aromatic nitrogens is 2. The number of pyridine rings is 1. The standard InChI is InChI=1S/C24H19FN4O2S/c25-18-4-6-19(7-5-18)27-22(30)8-9-23(31)28-20-3-1-2-17(14-20)21-15-32-24(29-21)16-10-12-26-13-11-16/h1-7,10-15H,8-9H2,(H,27,30)(H,28,31). The number of anilines is 2. The predicted octanol–water partition coefficient (Wildman–Crippen LogP) is 5.37. The van der Waals surface area contributed by atoms with Crippen LogP contribution in [0, 0.1) is 5.82 Å². The molecule has 0 aliphatic carbocycles. The van der Waals surface area contributed by atoms with Crippen molar-refractivity contribution in [1.82, 2.24) is 9.97 Å². The van der Waals surface area contributed by atoms with E-state index in [-0.39, 0.29) is 30.5 Å². The first-order valence-corrected chi connectivity index (χ1v) is 10.8. The van der Waals surface area contributed by atoms with Crippen molar-refractivity contribution in [3.63, 3.8) is 0 Å². The lowest BCUT2D eigenvalue weighted by Crippen LogP contribution is -2.17. The zero-order valence-corrected chi connectivity index (χ0v) is 17.7. The van der Waals surface area contributed by atoms with Crippen LogP contribution in [0.1, 0.15) is 12.8 Å². The maximum atomic E-state index is 12.9. The molecule has 0 fully saturated rings. The zero-order chi connectivity index (χ0) is 22.3. The summed E-state index contributed by atoms with van der Waals surface area (Å²) < 4.78 is 12.9. The Balaban J connectivity index is 1.33. The molecule has 4 rings (SSSR count). The number of amides is 2. The van der Waals surface area contributed by atoms with Gasteiger partial charge in [-0.05, 0) is 48.5 Å². The molecular formula is C24H19FN4O2S. The van der Waals surface area contributed by atoms with Crippen LogP contribution in [0.5, 0.6) is 0 Å². The van der Waals surface area contributed by atoms with Crippen LogP contribution in [0.2, 0.25) is 0 Å². The van der Waals surface area contributed by atoms with E-state index < -0.39 is 0 Å². The first-order chi connectivity index (χ1) is 15.6. The molecule has 4 aromatic rings. The number of nitrogens with zero attached hydrogens (tertiary/aromatic N) is 2. The Kier molecular flexibility index (Phi) is 6.62. The van der Waals surface area contributed by atoms with Gasteiger partial charge in [0.25, 0.3) is 0 Å². The van der Waals surface area contributed by atoms with Gasteiger partial charge in [-0.1, -0.05) is 12.1 Å². The number of hydrogen-bond acceptors (Lipinski definition) is 5. The number of benzene rings is 2. The van der Waals surface area contributed by atoms with Gasteiger partial charge >= 0.3 is 0 Å². The van der Waals surface area contributed by atoms with Crippen LogP contribution in [0.15, 0.2) is 78.4 Å². The van der Waals surface area contributed by atoms with E-state index in [0.717, 1.165) is 21.8 Å². The molecule has 0 spiro atoms. The fraction of sp³-hybridized carbons (Fsp3) is 0.0833. The maximum absolute atomic E-state index is 12.9. The molecule has 8 heteroatoms. The van der Waals surface area contributed by atoms with Crippen LogP contribution in [-0.2, 0) is 9.59 Å². The minimum Gasteiger partial charge on any atom is -0.326 e. The lowest BCUT2D eigenvalue weighted by molar-refractivity contribution is -0.121. The number of thiazole rings is 1. The number of carbonyl (C=O) groups excluding carboxylic acids is 2. The summed E-state index contributed by atoms with van der Waals surface area (Å²) in [5.41, 5.74) is 3.81. The van der Waals surface area contributed by atoms with Crippen molar-refractivity contribution >= 4 is 34.5 Å². The summed E-state index contributed by atoms with van der Waals surface area (Å²) in [5, 5.41) is 8.32. The average molecular weight is 447 g/mol. The molecule has 0 aliphatic rings. The highest BCUT2D eigenvalue weighted by Gasteiger charge is 2.10. The van der Waals surface area contributed by atoms with Crippen LogP contribution in [0.3, 0.4) is 0 Å². The van der Waals surface area contributed by atoms with Crippen LogP contribution in [0.4, 0.5) is 15.8 Å². The summed E-state index contributed by atoms with van der Waals surface area (Å²) >= 11 is 1.54. The minimum atomic E-state index is -0.379. The van der Waals surface area contributed by atoms with E-state index in [0.29, 0.717) is 11.4 Å². The summed E-state index contributed by atoms with van der Waals surface area (Å²) in [6.07, 6.45) is 3.50. The van der Waals surface area contributed by atoms with Crippen LogP contribution in [0.25, 0.3) is 21.8 Å². The predicted molar refractivity (Wildman–Crippen MR) is 124 cm³/mol. The molecule has 0 saturated heterocycles. The van der Waals surface area contributed by atoms with Crippen molar-refractivity contribution in [3.05, 3.63) is 84.3 Å². The van der Waals surface area contributed by atoms with Crippen molar-refractivity contribution in [2.45, 2.75) is 12.8 Å². The van der Waals surface area contributed by atoms with E-state index in [1.807, 2.05) is 35.7 Å². The second-order valence-corrected chi connectivity index (χ2v) is 7.82. The largest absolute Gasteiger partial charge is 0.326 e. The Labute approximate surface area is 188 Å². The van der Waals surface area contributed by atoms with E-state index in [1.165, 1.54) is 35.6 Å². The molecule has 6 nitrogen and oxygen atoms in total. The molecule has 2 heterocycles. The van der Waals surface area contributed by atoms with Gasteiger partial charge in [0.15, 0.2) is 0 Å². The molecular weight excluding hydrogens is 427 g/mol. The molecule has 0 saturated carbocycles. The van der Waals surface area contributed by atoms with Crippen molar-refractivity contribution in [2.24, 2.45) is 0 Å². The Hall–Kier alpha value is -3.91. The first-order valence-electron chi connectivity index (χ1n) is 9.88. The molecule has 160 valence electrons. The molecule has 2 amide bonds. The Morgan fingerprint density at radius 2 is 1.53 bits per heavy atom.